The normalized spacial score (nSPS) is 21.3. The van der Waals surface area contributed by atoms with Crippen molar-refractivity contribution in [2.75, 3.05) is 13.1 Å². The highest BCUT2D eigenvalue weighted by Crippen LogP contribution is 2.17. The van der Waals surface area contributed by atoms with E-state index in [1.165, 1.54) is 4.90 Å². The number of hydrogen-bond donors (Lipinski definition) is 2. The van der Waals surface area contributed by atoms with Crippen molar-refractivity contribution in [3.63, 3.8) is 0 Å². The van der Waals surface area contributed by atoms with E-state index in [-0.39, 0.29) is 31.8 Å². The third kappa shape index (κ3) is 2.45. The van der Waals surface area contributed by atoms with Crippen LogP contribution in [0.4, 0.5) is 0 Å². The zero-order valence-corrected chi connectivity index (χ0v) is 7.47. The van der Waals surface area contributed by atoms with Gasteiger partial charge in [-0.2, -0.15) is 0 Å². The molecule has 1 aliphatic rings. The second-order valence-corrected chi connectivity index (χ2v) is 3.22. The third-order valence-electron chi connectivity index (χ3n) is 2.16. The van der Waals surface area contributed by atoms with Crippen LogP contribution in [0.1, 0.15) is 12.8 Å². The molecular formula is C8H11NO5. The molecule has 0 aliphatic carbocycles. The molecule has 0 radical (unpaired) electrons. The number of carbonyl (C=O) groups excluding carboxylic acids is 1. The fourth-order valence-corrected chi connectivity index (χ4v) is 1.38. The van der Waals surface area contributed by atoms with Gasteiger partial charge >= 0.3 is 11.9 Å². The van der Waals surface area contributed by atoms with Crippen LogP contribution >= 0.6 is 0 Å². The second kappa shape index (κ2) is 4.08. The van der Waals surface area contributed by atoms with E-state index in [0.29, 0.717) is 0 Å². The SMILES string of the molecule is O=C(O)CCN1CC(C(=O)O)CC1=O. The Morgan fingerprint density at radius 3 is 2.50 bits per heavy atom. The molecule has 6 nitrogen and oxygen atoms in total. The Labute approximate surface area is 80.1 Å². The summed E-state index contributed by atoms with van der Waals surface area (Å²) in [5.41, 5.74) is 0. The molecule has 0 spiro atoms. The van der Waals surface area contributed by atoms with Crippen LogP contribution in [0, 0.1) is 5.92 Å². The largest absolute Gasteiger partial charge is 0.481 e. The Kier molecular flexibility index (Phi) is 3.06. The summed E-state index contributed by atoms with van der Waals surface area (Å²) in [6.07, 6.45) is -0.160. The molecule has 78 valence electrons. The molecule has 0 saturated carbocycles. The molecule has 1 fully saturated rings. The molecule has 0 aromatic heterocycles. The number of nitrogens with zero attached hydrogens (tertiary/aromatic N) is 1. The van der Waals surface area contributed by atoms with Gasteiger partial charge in [0.05, 0.1) is 12.3 Å². The quantitative estimate of drug-likeness (QED) is 0.632. The molecule has 1 aliphatic heterocycles. The molecule has 0 aromatic carbocycles. The lowest BCUT2D eigenvalue weighted by molar-refractivity contribution is -0.141. The second-order valence-electron chi connectivity index (χ2n) is 3.22. The van der Waals surface area contributed by atoms with Gasteiger partial charge in [0.15, 0.2) is 0 Å². The maximum atomic E-state index is 11.2. The highest BCUT2D eigenvalue weighted by Gasteiger charge is 2.33. The minimum absolute atomic E-state index is 0.0189. The zero-order valence-electron chi connectivity index (χ0n) is 7.47. The Balaban J connectivity index is 2.44. The van der Waals surface area contributed by atoms with E-state index in [1.54, 1.807) is 0 Å². The van der Waals surface area contributed by atoms with Crippen LogP contribution in [0.15, 0.2) is 0 Å². The van der Waals surface area contributed by atoms with Crippen molar-refractivity contribution in [3.8, 4) is 0 Å². The smallest absolute Gasteiger partial charge is 0.308 e. The van der Waals surface area contributed by atoms with Crippen molar-refractivity contribution in [1.82, 2.24) is 4.90 Å². The molecule has 14 heavy (non-hydrogen) atoms. The summed E-state index contributed by atoms with van der Waals surface area (Å²) in [4.78, 5) is 33.2. The van der Waals surface area contributed by atoms with Crippen LogP contribution in [-0.2, 0) is 14.4 Å². The maximum Gasteiger partial charge on any atom is 0.308 e. The number of aliphatic carboxylic acids is 2. The van der Waals surface area contributed by atoms with Gasteiger partial charge in [-0.1, -0.05) is 0 Å². The number of likely N-dealkylation sites (tertiary alicyclic amines) is 1. The predicted octanol–water partition coefficient (Wildman–Crippen LogP) is -0.606. The van der Waals surface area contributed by atoms with Gasteiger partial charge in [-0.05, 0) is 0 Å². The summed E-state index contributed by atoms with van der Waals surface area (Å²) in [5.74, 6) is -2.96. The summed E-state index contributed by atoms with van der Waals surface area (Å²) in [6, 6.07) is 0. The van der Waals surface area contributed by atoms with Crippen LogP contribution in [0.5, 0.6) is 0 Å². The highest BCUT2D eigenvalue weighted by atomic mass is 16.4. The first kappa shape index (κ1) is 10.5. The fourth-order valence-electron chi connectivity index (χ4n) is 1.38. The average Bonchev–Trinajstić information content (AvgIpc) is 2.43. The van der Waals surface area contributed by atoms with E-state index < -0.39 is 17.9 Å². The average molecular weight is 201 g/mol. The van der Waals surface area contributed by atoms with Gasteiger partial charge in [0.2, 0.25) is 5.91 Å². The van der Waals surface area contributed by atoms with Crippen molar-refractivity contribution in [2.45, 2.75) is 12.8 Å². The van der Waals surface area contributed by atoms with Crippen LogP contribution in [-0.4, -0.2) is 46.0 Å². The Bertz CT molecular complexity index is 275. The van der Waals surface area contributed by atoms with E-state index in [4.69, 9.17) is 10.2 Å². The first-order valence-corrected chi connectivity index (χ1v) is 4.23. The van der Waals surface area contributed by atoms with Crippen LogP contribution < -0.4 is 0 Å². The number of amides is 1. The standard InChI is InChI=1S/C8H11NO5/c10-6-3-5(8(13)14)4-9(6)2-1-7(11)12/h5H,1-4H2,(H,11,12)(H,13,14). The van der Waals surface area contributed by atoms with Gasteiger partial charge in [0.25, 0.3) is 0 Å². The third-order valence-corrected chi connectivity index (χ3v) is 2.16. The first-order valence-electron chi connectivity index (χ1n) is 4.23. The topological polar surface area (TPSA) is 94.9 Å². The zero-order chi connectivity index (χ0) is 10.7. The van der Waals surface area contributed by atoms with Crippen LogP contribution in [0.3, 0.4) is 0 Å². The molecule has 1 saturated heterocycles. The summed E-state index contributed by atoms with van der Waals surface area (Å²) in [5, 5.41) is 17.0. The Morgan fingerprint density at radius 1 is 1.43 bits per heavy atom. The van der Waals surface area contributed by atoms with E-state index >= 15 is 0 Å². The van der Waals surface area contributed by atoms with Crippen molar-refractivity contribution in [3.05, 3.63) is 0 Å². The number of carbonyl (C=O) groups is 3. The highest BCUT2D eigenvalue weighted by molar-refractivity contribution is 5.86. The number of carboxylic acid groups (broad SMARTS) is 2. The van der Waals surface area contributed by atoms with Gasteiger partial charge in [-0.3, -0.25) is 14.4 Å². The minimum Gasteiger partial charge on any atom is -0.481 e. The Hall–Kier alpha value is -1.59. The first-order chi connectivity index (χ1) is 6.50. The van der Waals surface area contributed by atoms with Crippen molar-refractivity contribution in [1.29, 1.82) is 0 Å². The van der Waals surface area contributed by atoms with E-state index in [9.17, 15) is 14.4 Å². The van der Waals surface area contributed by atoms with Gasteiger partial charge < -0.3 is 15.1 Å². The molecule has 6 heteroatoms. The summed E-state index contributed by atoms with van der Waals surface area (Å²) >= 11 is 0. The lowest BCUT2D eigenvalue weighted by atomic mass is 10.1. The number of carboxylic acids is 2. The molecule has 0 aromatic rings. The fraction of sp³-hybridized carbons (Fsp3) is 0.625. The van der Waals surface area contributed by atoms with Crippen molar-refractivity contribution >= 4 is 17.8 Å². The number of rotatable bonds is 4. The Morgan fingerprint density at radius 2 is 2.07 bits per heavy atom. The van der Waals surface area contributed by atoms with Gasteiger partial charge in [0.1, 0.15) is 0 Å². The van der Waals surface area contributed by atoms with Gasteiger partial charge in [-0.15, -0.1) is 0 Å². The summed E-state index contributed by atoms with van der Waals surface area (Å²) < 4.78 is 0. The van der Waals surface area contributed by atoms with Crippen molar-refractivity contribution < 1.29 is 24.6 Å². The molecule has 1 unspecified atom stereocenters. The van der Waals surface area contributed by atoms with E-state index in [0.717, 1.165) is 0 Å². The molecular weight excluding hydrogens is 190 g/mol. The molecule has 2 N–H and O–H groups in total. The minimum atomic E-state index is -1.00. The monoisotopic (exact) mass is 201 g/mol. The van der Waals surface area contributed by atoms with E-state index in [2.05, 4.69) is 0 Å². The molecule has 1 rings (SSSR count). The van der Waals surface area contributed by atoms with Gasteiger partial charge in [-0.25, -0.2) is 0 Å². The lowest BCUT2D eigenvalue weighted by Gasteiger charge is -2.13. The number of hydrogen-bond acceptors (Lipinski definition) is 3. The molecule has 1 heterocycles. The summed E-state index contributed by atoms with van der Waals surface area (Å²) in [6.45, 7) is 0.222. The molecule has 1 amide bonds. The lowest BCUT2D eigenvalue weighted by Crippen LogP contribution is -2.28. The van der Waals surface area contributed by atoms with Crippen LogP contribution in [0.25, 0.3) is 0 Å². The molecule has 0 bridgehead atoms. The maximum absolute atomic E-state index is 11.2. The van der Waals surface area contributed by atoms with Crippen molar-refractivity contribution in [2.24, 2.45) is 5.92 Å². The predicted molar refractivity (Wildman–Crippen MR) is 44.6 cm³/mol. The summed E-state index contributed by atoms with van der Waals surface area (Å²) in [7, 11) is 0. The van der Waals surface area contributed by atoms with Gasteiger partial charge in [0, 0.05) is 19.5 Å². The molecule has 1 atom stereocenters. The van der Waals surface area contributed by atoms with Crippen LogP contribution in [0.2, 0.25) is 0 Å². The van der Waals surface area contributed by atoms with E-state index in [1.807, 2.05) is 0 Å².